The van der Waals surface area contributed by atoms with E-state index in [1.807, 2.05) is 0 Å². The number of methoxy groups -OCH3 is 1. The van der Waals surface area contributed by atoms with Crippen LogP contribution in [0.5, 0.6) is 5.75 Å². The van der Waals surface area contributed by atoms with Gasteiger partial charge >= 0.3 is 6.18 Å². The second-order valence-electron chi connectivity index (χ2n) is 10.1. The first-order valence-corrected chi connectivity index (χ1v) is 14.9. The van der Waals surface area contributed by atoms with Gasteiger partial charge in [-0.05, 0) is 60.0 Å². The number of nitrogens with zero attached hydrogens (tertiary/aromatic N) is 1. The molecular formula is C31H25Cl2F5N2O2S. The maximum absolute atomic E-state index is 15.5. The van der Waals surface area contributed by atoms with E-state index in [0.717, 1.165) is 23.8 Å². The van der Waals surface area contributed by atoms with Crippen molar-refractivity contribution in [3.8, 4) is 16.9 Å². The summed E-state index contributed by atoms with van der Waals surface area (Å²) in [5, 5.41) is 4.71. The van der Waals surface area contributed by atoms with Crippen molar-refractivity contribution in [1.29, 1.82) is 0 Å². The lowest BCUT2D eigenvalue weighted by Crippen LogP contribution is -2.33. The molecule has 1 aliphatic rings. The quantitative estimate of drug-likeness (QED) is 0.194. The first-order chi connectivity index (χ1) is 20.4. The molecule has 226 valence electrons. The molecule has 1 aliphatic heterocycles. The Morgan fingerprint density at radius 2 is 1.81 bits per heavy atom. The summed E-state index contributed by atoms with van der Waals surface area (Å²) >= 11 is 13.7. The molecule has 0 spiro atoms. The number of hydrogen-bond acceptors (Lipinski definition) is 4. The maximum atomic E-state index is 15.5. The molecule has 2 heterocycles. The zero-order chi connectivity index (χ0) is 31.1. The monoisotopic (exact) mass is 654 g/mol. The van der Waals surface area contributed by atoms with Gasteiger partial charge in [-0.3, -0.25) is 9.36 Å². The van der Waals surface area contributed by atoms with Crippen LogP contribution in [0.4, 0.5) is 22.0 Å². The minimum atomic E-state index is -4.80. The van der Waals surface area contributed by atoms with Gasteiger partial charge < -0.3 is 10.1 Å². The Balaban J connectivity index is 1.64. The zero-order valence-electron chi connectivity index (χ0n) is 22.9. The molecule has 0 saturated heterocycles. The molecule has 0 radical (unpaired) electrons. The smallest absolute Gasteiger partial charge is 0.416 e. The van der Waals surface area contributed by atoms with Gasteiger partial charge in [-0.15, -0.1) is 11.8 Å². The lowest BCUT2D eigenvalue weighted by Gasteiger charge is -2.22. The molecule has 12 heteroatoms. The summed E-state index contributed by atoms with van der Waals surface area (Å²) in [5.74, 6) is -1.49. The van der Waals surface area contributed by atoms with Gasteiger partial charge in [0.15, 0.2) is 11.6 Å². The van der Waals surface area contributed by atoms with Gasteiger partial charge in [0, 0.05) is 46.4 Å². The third-order valence-electron chi connectivity index (χ3n) is 7.45. The van der Waals surface area contributed by atoms with Crippen molar-refractivity contribution in [2.24, 2.45) is 0 Å². The summed E-state index contributed by atoms with van der Waals surface area (Å²) in [4.78, 5) is 14.1. The summed E-state index contributed by atoms with van der Waals surface area (Å²) in [6, 6.07) is 11.8. The third kappa shape index (κ3) is 6.16. The Bertz CT molecular complexity index is 1760. The van der Waals surface area contributed by atoms with E-state index >= 15 is 4.39 Å². The Morgan fingerprint density at radius 1 is 1.07 bits per heavy atom. The molecule has 0 fully saturated rings. The van der Waals surface area contributed by atoms with Gasteiger partial charge in [0.1, 0.15) is 5.82 Å². The fourth-order valence-electron chi connectivity index (χ4n) is 5.34. The summed E-state index contributed by atoms with van der Waals surface area (Å²) < 4.78 is 78.9. The predicted octanol–water partition coefficient (Wildman–Crippen LogP) is 8.46. The molecule has 3 aromatic carbocycles. The van der Waals surface area contributed by atoms with Crippen LogP contribution in [-0.2, 0) is 19.1 Å². The van der Waals surface area contributed by atoms with E-state index in [-0.39, 0.29) is 22.4 Å². The fourth-order valence-corrected chi connectivity index (χ4v) is 7.10. The van der Waals surface area contributed by atoms with Gasteiger partial charge in [0.2, 0.25) is 0 Å². The minimum Gasteiger partial charge on any atom is -0.494 e. The van der Waals surface area contributed by atoms with Crippen molar-refractivity contribution in [3.63, 3.8) is 0 Å². The third-order valence-corrected chi connectivity index (χ3v) is 9.32. The topological polar surface area (TPSA) is 43.3 Å². The van der Waals surface area contributed by atoms with Gasteiger partial charge in [-0.25, -0.2) is 8.78 Å². The number of alkyl halides is 3. The van der Waals surface area contributed by atoms with Crippen molar-refractivity contribution >= 4 is 35.0 Å². The lowest BCUT2D eigenvalue weighted by atomic mass is 9.92. The van der Waals surface area contributed by atoms with Gasteiger partial charge in [0.25, 0.3) is 5.56 Å². The largest absolute Gasteiger partial charge is 0.494 e. The Hall–Kier alpha value is -3.05. The second-order valence-corrected chi connectivity index (χ2v) is 11.9. The van der Waals surface area contributed by atoms with Gasteiger partial charge in [0.05, 0.1) is 29.3 Å². The van der Waals surface area contributed by atoms with E-state index in [0.29, 0.717) is 39.5 Å². The zero-order valence-corrected chi connectivity index (χ0v) is 25.2. The molecule has 1 aromatic heterocycles. The molecule has 1 atom stereocenters. The van der Waals surface area contributed by atoms with Crippen molar-refractivity contribution in [1.82, 2.24) is 9.88 Å². The van der Waals surface area contributed by atoms with Crippen LogP contribution in [0.3, 0.4) is 0 Å². The van der Waals surface area contributed by atoms with E-state index in [4.69, 9.17) is 27.9 Å². The molecule has 0 bridgehead atoms. The molecular weight excluding hydrogens is 630 g/mol. The minimum absolute atomic E-state index is 0.0227. The number of rotatable bonds is 8. The number of hydrogen-bond donors (Lipinski definition) is 1. The molecule has 43 heavy (non-hydrogen) atoms. The number of fused-ring (bicyclic) bond motifs is 1. The standard InChI is InChI=1S/C31H25Cl2F5N2O2S/c1-16-21(12-22-23(31(36,37)38)6-4-7-25(22)34)30-40(29(41)27(16)20-5-3-8-26(42-2)28(20)35)19(15-43-30)14-39-13-17-11-18(32)9-10-24(17)33/h3-11,19,39H,12-15H2,1-2H3. The summed E-state index contributed by atoms with van der Waals surface area (Å²) in [6.07, 6.45) is -5.25. The van der Waals surface area contributed by atoms with Crippen LogP contribution in [0, 0.1) is 18.6 Å². The number of aromatic nitrogens is 1. The van der Waals surface area contributed by atoms with Crippen LogP contribution in [0.2, 0.25) is 10.0 Å². The molecule has 5 rings (SSSR count). The average molecular weight is 656 g/mol. The summed E-state index contributed by atoms with van der Waals surface area (Å²) in [6.45, 7) is 2.18. The molecule has 0 saturated carbocycles. The van der Waals surface area contributed by atoms with Crippen LogP contribution in [0.1, 0.15) is 33.9 Å². The van der Waals surface area contributed by atoms with Crippen LogP contribution >= 0.6 is 35.0 Å². The average Bonchev–Trinajstić information content (AvgIpc) is 3.38. The number of nitrogens with one attached hydrogen (secondary N) is 1. The second kappa shape index (κ2) is 12.5. The lowest BCUT2D eigenvalue weighted by molar-refractivity contribution is -0.138. The van der Waals surface area contributed by atoms with Crippen molar-refractivity contribution in [2.45, 2.75) is 37.1 Å². The first-order valence-electron chi connectivity index (χ1n) is 13.1. The Kier molecular flexibility index (Phi) is 9.13. The van der Waals surface area contributed by atoms with E-state index in [2.05, 4.69) is 5.32 Å². The van der Waals surface area contributed by atoms with Crippen molar-refractivity contribution in [3.05, 3.63) is 114 Å². The van der Waals surface area contributed by atoms with E-state index in [9.17, 15) is 22.4 Å². The summed E-state index contributed by atoms with van der Waals surface area (Å²) in [5.41, 5.74) is -0.909. The highest BCUT2D eigenvalue weighted by atomic mass is 35.5. The fraction of sp³-hybridized carbons (Fsp3) is 0.258. The number of halogens is 7. The van der Waals surface area contributed by atoms with Crippen LogP contribution in [0.15, 0.2) is 64.4 Å². The highest BCUT2D eigenvalue weighted by Gasteiger charge is 2.36. The maximum Gasteiger partial charge on any atom is 0.416 e. The van der Waals surface area contributed by atoms with Crippen molar-refractivity contribution < 1.29 is 26.7 Å². The van der Waals surface area contributed by atoms with E-state index in [1.54, 1.807) is 25.1 Å². The number of benzene rings is 3. The SMILES string of the molecule is COc1cccc(-c2c(C)c(Cc3c(F)cccc3C(F)(F)F)c3n(c2=O)C(CNCc2cc(Cl)ccc2Cl)CS3)c1F. The van der Waals surface area contributed by atoms with Crippen LogP contribution < -0.4 is 15.6 Å². The van der Waals surface area contributed by atoms with Crippen molar-refractivity contribution in [2.75, 3.05) is 19.4 Å². The Morgan fingerprint density at radius 3 is 2.53 bits per heavy atom. The molecule has 1 N–H and O–H groups in total. The van der Waals surface area contributed by atoms with E-state index < -0.39 is 47.0 Å². The van der Waals surface area contributed by atoms with Crippen LogP contribution in [-0.4, -0.2) is 24.0 Å². The normalized spacial score (nSPS) is 14.7. The summed E-state index contributed by atoms with van der Waals surface area (Å²) in [7, 11) is 1.29. The number of pyridine rings is 1. The molecule has 0 aliphatic carbocycles. The number of thioether (sulfide) groups is 1. The predicted molar refractivity (Wildman–Crippen MR) is 160 cm³/mol. The molecule has 0 amide bonds. The van der Waals surface area contributed by atoms with Crippen LogP contribution in [0.25, 0.3) is 11.1 Å². The van der Waals surface area contributed by atoms with Gasteiger partial charge in [-0.2, -0.15) is 13.2 Å². The first kappa shape index (κ1) is 31.4. The molecule has 1 unspecified atom stereocenters. The molecule has 4 nitrogen and oxygen atoms in total. The number of ether oxygens (including phenoxy) is 1. The highest BCUT2D eigenvalue weighted by molar-refractivity contribution is 7.99. The highest BCUT2D eigenvalue weighted by Crippen LogP contribution is 2.42. The van der Waals surface area contributed by atoms with Gasteiger partial charge in [-0.1, -0.05) is 41.4 Å². The Labute approximate surface area is 258 Å². The van der Waals surface area contributed by atoms with E-state index in [1.165, 1.54) is 41.6 Å². The molecule has 4 aromatic rings.